The van der Waals surface area contributed by atoms with Crippen molar-refractivity contribution in [2.24, 2.45) is 0 Å². The van der Waals surface area contributed by atoms with Crippen molar-refractivity contribution in [3.8, 4) is 0 Å². The fourth-order valence-corrected chi connectivity index (χ4v) is 3.00. The summed E-state index contributed by atoms with van der Waals surface area (Å²) in [5.74, 6) is -1.18. The zero-order valence-corrected chi connectivity index (χ0v) is 16.6. The summed E-state index contributed by atoms with van der Waals surface area (Å²) in [6.45, 7) is 5.06. The molecule has 0 aromatic heterocycles. The van der Waals surface area contributed by atoms with Gasteiger partial charge in [-0.2, -0.15) is 13.2 Å². The second kappa shape index (κ2) is 8.84. The molecule has 1 aliphatic rings. The Kier molecular flexibility index (Phi) is 6.92. The lowest BCUT2D eigenvalue weighted by molar-refractivity contribution is -0.137. The minimum Gasteiger partial charge on any atom is -0.444 e. The minimum atomic E-state index is -4.56. The molecule has 160 valence electrons. The van der Waals surface area contributed by atoms with Crippen LogP contribution in [0.5, 0.6) is 0 Å². The van der Waals surface area contributed by atoms with Gasteiger partial charge in [0.2, 0.25) is 5.91 Å². The van der Waals surface area contributed by atoms with Crippen LogP contribution in [0, 0.1) is 0 Å². The van der Waals surface area contributed by atoms with E-state index in [1.165, 1.54) is 11.0 Å². The van der Waals surface area contributed by atoms with Gasteiger partial charge in [0.15, 0.2) is 5.78 Å². The Balaban J connectivity index is 2.01. The molecular weight excluding hydrogens is 389 g/mol. The third kappa shape index (κ3) is 6.47. The molecule has 1 aliphatic heterocycles. The van der Waals surface area contributed by atoms with E-state index in [0.717, 1.165) is 31.0 Å². The van der Waals surface area contributed by atoms with Crippen molar-refractivity contribution in [3.05, 3.63) is 35.4 Å². The number of rotatable bonds is 4. The van der Waals surface area contributed by atoms with Crippen molar-refractivity contribution >= 4 is 17.8 Å². The molecule has 9 heteroatoms. The van der Waals surface area contributed by atoms with E-state index in [-0.39, 0.29) is 5.56 Å². The molecular formula is C20H25F3N2O4. The fraction of sp³-hybridized carbons (Fsp3) is 0.550. The first-order valence-corrected chi connectivity index (χ1v) is 9.36. The molecule has 1 atom stereocenters. The van der Waals surface area contributed by atoms with Crippen molar-refractivity contribution in [2.45, 2.75) is 57.9 Å². The Labute approximate surface area is 167 Å². The molecule has 1 aromatic rings. The second-order valence-corrected chi connectivity index (χ2v) is 7.90. The standard InChI is InChI=1S/C20H25F3N2O4/c1-19(2,3)29-18(28)25-10-5-4-9-15(25)17(27)24-12-16(26)13-7-6-8-14(11-13)20(21,22)23/h6-8,11,15H,4-5,9-10,12H2,1-3H3,(H,24,27). The largest absolute Gasteiger partial charge is 0.444 e. The van der Waals surface area contributed by atoms with Crippen LogP contribution in [0.4, 0.5) is 18.0 Å². The Hall–Kier alpha value is -2.58. The average molecular weight is 414 g/mol. The lowest BCUT2D eigenvalue weighted by atomic mass is 10.0. The number of nitrogens with one attached hydrogen (secondary N) is 1. The van der Waals surface area contributed by atoms with Gasteiger partial charge in [-0.05, 0) is 52.2 Å². The number of halogens is 3. The van der Waals surface area contributed by atoms with Gasteiger partial charge in [-0.25, -0.2) is 4.79 Å². The number of likely N-dealkylation sites (tertiary alicyclic amines) is 1. The number of benzene rings is 1. The first-order valence-electron chi connectivity index (χ1n) is 9.36. The molecule has 1 aromatic carbocycles. The van der Waals surface area contributed by atoms with Crippen LogP contribution in [0.15, 0.2) is 24.3 Å². The third-order valence-corrected chi connectivity index (χ3v) is 4.37. The normalized spacial score (nSPS) is 17.6. The molecule has 0 bridgehead atoms. The van der Waals surface area contributed by atoms with Gasteiger partial charge < -0.3 is 10.1 Å². The number of carbonyl (C=O) groups excluding carboxylic acids is 3. The Morgan fingerprint density at radius 1 is 1.17 bits per heavy atom. The first kappa shape index (κ1) is 22.7. The maximum absolute atomic E-state index is 12.8. The lowest BCUT2D eigenvalue weighted by Gasteiger charge is -2.35. The number of hydrogen-bond acceptors (Lipinski definition) is 4. The summed E-state index contributed by atoms with van der Waals surface area (Å²) in [4.78, 5) is 38.5. The molecule has 29 heavy (non-hydrogen) atoms. The summed E-state index contributed by atoms with van der Waals surface area (Å²) in [5, 5.41) is 2.44. The lowest BCUT2D eigenvalue weighted by Crippen LogP contribution is -2.53. The summed E-state index contributed by atoms with van der Waals surface area (Å²) in [7, 11) is 0. The number of ketones is 1. The van der Waals surface area contributed by atoms with Crippen LogP contribution in [-0.2, 0) is 15.7 Å². The molecule has 1 fully saturated rings. The average Bonchev–Trinajstić information content (AvgIpc) is 2.64. The molecule has 0 aliphatic carbocycles. The van der Waals surface area contributed by atoms with Gasteiger partial charge in [0.05, 0.1) is 12.1 Å². The van der Waals surface area contributed by atoms with Gasteiger partial charge in [-0.1, -0.05) is 12.1 Å². The molecule has 1 N–H and O–H groups in total. The van der Waals surface area contributed by atoms with Crippen LogP contribution < -0.4 is 5.32 Å². The van der Waals surface area contributed by atoms with Crippen molar-refractivity contribution in [2.75, 3.05) is 13.1 Å². The van der Waals surface area contributed by atoms with Crippen LogP contribution in [-0.4, -0.2) is 47.4 Å². The molecule has 2 amide bonds. The third-order valence-electron chi connectivity index (χ3n) is 4.37. The number of hydrogen-bond donors (Lipinski definition) is 1. The molecule has 6 nitrogen and oxygen atoms in total. The Morgan fingerprint density at radius 2 is 1.86 bits per heavy atom. The van der Waals surface area contributed by atoms with Crippen molar-refractivity contribution in [1.82, 2.24) is 10.2 Å². The van der Waals surface area contributed by atoms with Gasteiger partial charge in [0.25, 0.3) is 0 Å². The van der Waals surface area contributed by atoms with E-state index in [0.29, 0.717) is 13.0 Å². The number of Topliss-reactive ketones (excluding diaryl/α,β-unsaturated/α-hetero) is 1. The summed E-state index contributed by atoms with van der Waals surface area (Å²) in [5.41, 5.74) is -1.79. The second-order valence-electron chi connectivity index (χ2n) is 7.90. The molecule has 0 spiro atoms. The van der Waals surface area contributed by atoms with Gasteiger partial charge in [-0.15, -0.1) is 0 Å². The maximum atomic E-state index is 12.8. The van der Waals surface area contributed by atoms with Crippen molar-refractivity contribution < 1.29 is 32.3 Å². The molecule has 2 rings (SSSR count). The van der Waals surface area contributed by atoms with Crippen LogP contribution in [0.2, 0.25) is 0 Å². The van der Waals surface area contributed by atoms with Crippen LogP contribution in [0.1, 0.15) is 56.0 Å². The molecule has 0 radical (unpaired) electrons. The molecule has 0 saturated carbocycles. The van der Waals surface area contributed by atoms with E-state index in [9.17, 15) is 27.6 Å². The summed E-state index contributed by atoms with van der Waals surface area (Å²) < 4.78 is 43.7. The fourth-order valence-electron chi connectivity index (χ4n) is 3.00. The highest BCUT2D eigenvalue weighted by Gasteiger charge is 2.35. The number of amides is 2. The van der Waals surface area contributed by atoms with E-state index in [1.807, 2.05) is 0 Å². The molecule has 1 unspecified atom stereocenters. The SMILES string of the molecule is CC(C)(C)OC(=O)N1CCCCC1C(=O)NCC(=O)c1cccc(C(F)(F)F)c1. The van der Waals surface area contributed by atoms with Crippen LogP contribution in [0.25, 0.3) is 0 Å². The maximum Gasteiger partial charge on any atom is 0.416 e. The minimum absolute atomic E-state index is 0.146. The van der Waals surface area contributed by atoms with Gasteiger partial charge in [0, 0.05) is 12.1 Å². The molecule has 1 saturated heterocycles. The summed E-state index contributed by atoms with van der Waals surface area (Å²) >= 11 is 0. The monoisotopic (exact) mass is 414 g/mol. The predicted octanol–water partition coefficient (Wildman–Crippen LogP) is 3.79. The van der Waals surface area contributed by atoms with E-state index in [2.05, 4.69) is 5.32 Å². The highest BCUT2D eigenvalue weighted by Crippen LogP contribution is 2.29. The summed E-state index contributed by atoms with van der Waals surface area (Å²) in [6.07, 6.45) is -3.29. The topological polar surface area (TPSA) is 75.7 Å². The van der Waals surface area contributed by atoms with E-state index >= 15 is 0 Å². The first-order chi connectivity index (χ1) is 13.4. The zero-order chi connectivity index (χ0) is 21.8. The van der Waals surface area contributed by atoms with Crippen molar-refractivity contribution in [1.29, 1.82) is 0 Å². The number of nitrogens with zero attached hydrogens (tertiary/aromatic N) is 1. The van der Waals surface area contributed by atoms with Gasteiger partial charge in [-0.3, -0.25) is 14.5 Å². The number of piperidine rings is 1. The number of carbonyl (C=O) groups is 3. The predicted molar refractivity (Wildman–Crippen MR) is 99.4 cm³/mol. The number of ether oxygens (including phenoxy) is 1. The smallest absolute Gasteiger partial charge is 0.416 e. The van der Waals surface area contributed by atoms with E-state index in [1.54, 1.807) is 20.8 Å². The van der Waals surface area contributed by atoms with Gasteiger partial charge in [0.1, 0.15) is 11.6 Å². The van der Waals surface area contributed by atoms with E-state index in [4.69, 9.17) is 4.74 Å². The molecule has 1 heterocycles. The van der Waals surface area contributed by atoms with E-state index < -0.39 is 47.7 Å². The zero-order valence-electron chi connectivity index (χ0n) is 16.6. The Bertz CT molecular complexity index is 772. The Morgan fingerprint density at radius 3 is 2.48 bits per heavy atom. The summed E-state index contributed by atoms with van der Waals surface area (Å²) in [6, 6.07) is 3.24. The highest BCUT2D eigenvalue weighted by molar-refractivity contribution is 6.00. The number of alkyl halides is 3. The van der Waals surface area contributed by atoms with Crippen LogP contribution in [0.3, 0.4) is 0 Å². The van der Waals surface area contributed by atoms with Gasteiger partial charge >= 0.3 is 12.3 Å². The highest BCUT2D eigenvalue weighted by atomic mass is 19.4. The quantitative estimate of drug-likeness (QED) is 0.761. The van der Waals surface area contributed by atoms with Crippen molar-refractivity contribution in [3.63, 3.8) is 0 Å². The van der Waals surface area contributed by atoms with Crippen LogP contribution >= 0.6 is 0 Å².